The van der Waals surface area contributed by atoms with Crippen LogP contribution in [-0.4, -0.2) is 0 Å². The molecule has 2 nitrogen and oxygen atoms in total. The number of hydrogen-bond acceptors (Lipinski definition) is 2. The van der Waals surface area contributed by atoms with E-state index in [1.54, 1.807) is 0 Å². The van der Waals surface area contributed by atoms with Crippen LogP contribution >= 0.6 is 0 Å². The zero-order chi connectivity index (χ0) is 20.1. The van der Waals surface area contributed by atoms with Crippen LogP contribution in [0.2, 0.25) is 0 Å². The molecule has 0 aromatic heterocycles. The fourth-order valence-electron chi connectivity index (χ4n) is 3.55. The van der Waals surface area contributed by atoms with Crippen LogP contribution in [0.15, 0.2) is 105 Å². The summed E-state index contributed by atoms with van der Waals surface area (Å²) in [6.07, 6.45) is 18.4. The number of allylic oxidation sites excluding steroid dienone is 8. The second-order valence-electron chi connectivity index (χ2n) is 7.02. The summed E-state index contributed by atoms with van der Waals surface area (Å²) in [7, 11) is 0. The predicted molar refractivity (Wildman–Crippen MR) is 118 cm³/mol. The Morgan fingerprint density at radius 2 is 1.07 bits per heavy atom. The Bertz CT molecular complexity index is 936. The van der Waals surface area contributed by atoms with E-state index in [2.05, 4.69) is 49.6 Å². The molecular formula is C26H24O2Zr. The van der Waals surface area contributed by atoms with Crippen molar-refractivity contribution in [3.05, 3.63) is 116 Å². The topological polar surface area (TPSA) is 18.5 Å². The quantitative estimate of drug-likeness (QED) is 0.419. The van der Waals surface area contributed by atoms with Crippen molar-refractivity contribution in [2.75, 3.05) is 0 Å². The third kappa shape index (κ3) is 4.21. The van der Waals surface area contributed by atoms with Gasteiger partial charge in [-0.3, -0.25) is 0 Å². The molecule has 0 saturated heterocycles. The van der Waals surface area contributed by atoms with Gasteiger partial charge in [0.05, 0.1) is 0 Å². The van der Waals surface area contributed by atoms with Gasteiger partial charge in [0.25, 0.3) is 0 Å². The maximum absolute atomic E-state index is 6.85. The van der Waals surface area contributed by atoms with E-state index in [0.717, 1.165) is 35.5 Å². The summed E-state index contributed by atoms with van der Waals surface area (Å²) in [5.74, 6) is 1.68. The van der Waals surface area contributed by atoms with Gasteiger partial charge in [0.1, 0.15) is 0 Å². The summed E-state index contributed by atoms with van der Waals surface area (Å²) in [5, 5.41) is 0. The van der Waals surface area contributed by atoms with Gasteiger partial charge in [-0.1, -0.05) is 0 Å². The average Bonchev–Trinajstić information content (AvgIpc) is 3.49. The molecule has 2 aromatic carbocycles. The summed E-state index contributed by atoms with van der Waals surface area (Å²) >= 11 is -3.90. The Morgan fingerprint density at radius 1 is 0.655 bits per heavy atom. The van der Waals surface area contributed by atoms with Crippen LogP contribution in [0.3, 0.4) is 0 Å². The monoisotopic (exact) mass is 458 g/mol. The van der Waals surface area contributed by atoms with E-state index >= 15 is 0 Å². The van der Waals surface area contributed by atoms with E-state index < -0.39 is 21.1 Å². The molecule has 0 atom stereocenters. The van der Waals surface area contributed by atoms with Crippen LogP contribution in [-0.2, 0) is 21.1 Å². The van der Waals surface area contributed by atoms with Gasteiger partial charge in [0, 0.05) is 0 Å². The fourth-order valence-corrected chi connectivity index (χ4v) is 11.7. The number of hydrogen-bond donors (Lipinski definition) is 0. The van der Waals surface area contributed by atoms with Crippen LogP contribution < -0.4 is 5.63 Å². The standard InChI is InChI=1S/2C8H8O.2C5H5.Zr/c2*1-2-7-3-5-8(9)6-4-7;2*1-2-4-5-3-1;/h2*2-6,9H,1H2;2*1-3H,4H2;/q;;;;+2/p-2. The van der Waals surface area contributed by atoms with Gasteiger partial charge in [0.2, 0.25) is 0 Å². The minimum absolute atomic E-state index is 0.842. The first-order chi connectivity index (χ1) is 14.2. The van der Waals surface area contributed by atoms with E-state index in [0.29, 0.717) is 0 Å². The molecule has 0 amide bonds. The van der Waals surface area contributed by atoms with Crippen molar-refractivity contribution in [1.29, 1.82) is 0 Å². The van der Waals surface area contributed by atoms with Gasteiger partial charge in [0.15, 0.2) is 0 Å². The van der Waals surface area contributed by atoms with Gasteiger partial charge in [-0.05, 0) is 0 Å². The van der Waals surface area contributed by atoms with Crippen LogP contribution in [0.4, 0.5) is 0 Å². The molecule has 0 saturated carbocycles. The van der Waals surface area contributed by atoms with Crippen molar-refractivity contribution in [2.45, 2.75) is 12.8 Å². The summed E-state index contributed by atoms with van der Waals surface area (Å²) in [6, 6.07) is 16.2. The van der Waals surface area contributed by atoms with Crippen molar-refractivity contribution in [3.8, 4) is 11.5 Å². The van der Waals surface area contributed by atoms with E-state index in [4.69, 9.17) is 5.63 Å². The normalized spacial score (nSPS) is 15.0. The molecule has 144 valence electrons. The molecule has 2 aliphatic carbocycles. The Hall–Kier alpha value is -2.64. The molecule has 29 heavy (non-hydrogen) atoms. The molecule has 2 aliphatic rings. The Kier molecular flexibility index (Phi) is 5.97. The second kappa shape index (κ2) is 8.80. The van der Waals surface area contributed by atoms with Crippen LogP contribution in [0.5, 0.6) is 11.5 Å². The molecule has 3 heteroatoms. The third-order valence-electron chi connectivity index (χ3n) is 5.14. The molecule has 0 fully saturated rings. The molecular weight excluding hydrogens is 436 g/mol. The SMILES string of the molecule is C=Cc1ccc([O][Zr]([O]c2ccc(C=C)cc2)([C]2=CC=CC2)[C]2=CC=CC2)cc1. The number of rotatable bonds is 8. The fraction of sp³-hybridized carbons (Fsp3) is 0.0769. The zero-order valence-electron chi connectivity index (χ0n) is 16.4. The van der Waals surface area contributed by atoms with Gasteiger partial charge in [-0.2, -0.15) is 0 Å². The molecule has 0 N–H and O–H groups in total. The third-order valence-corrected chi connectivity index (χ3v) is 13.7. The predicted octanol–water partition coefficient (Wildman–Crippen LogP) is 7.10. The van der Waals surface area contributed by atoms with E-state index in [1.807, 2.05) is 60.7 Å². The van der Waals surface area contributed by atoms with Crippen molar-refractivity contribution in [1.82, 2.24) is 0 Å². The molecule has 0 radical (unpaired) electrons. The average molecular weight is 460 g/mol. The van der Waals surface area contributed by atoms with Crippen LogP contribution in [0.25, 0.3) is 12.2 Å². The molecule has 4 rings (SSSR count). The second-order valence-corrected chi connectivity index (χ2v) is 14.2. The van der Waals surface area contributed by atoms with Gasteiger partial charge >= 0.3 is 179 Å². The van der Waals surface area contributed by atoms with Gasteiger partial charge < -0.3 is 0 Å². The van der Waals surface area contributed by atoms with Crippen molar-refractivity contribution in [3.63, 3.8) is 0 Å². The first-order valence-electron chi connectivity index (χ1n) is 9.79. The first-order valence-corrected chi connectivity index (χ1v) is 14.3. The Labute approximate surface area is 178 Å². The van der Waals surface area contributed by atoms with Gasteiger partial charge in [-0.25, -0.2) is 0 Å². The zero-order valence-corrected chi connectivity index (χ0v) is 18.8. The van der Waals surface area contributed by atoms with Gasteiger partial charge in [-0.15, -0.1) is 0 Å². The maximum atomic E-state index is 6.85. The molecule has 0 bridgehead atoms. The Morgan fingerprint density at radius 3 is 1.38 bits per heavy atom. The van der Waals surface area contributed by atoms with E-state index in [-0.39, 0.29) is 0 Å². The minimum atomic E-state index is -3.90. The van der Waals surface area contributed by atoms with E-state index in [1.165, 1.54) is 6.56 Å². The van der Waals surface area contributed by atoms with Crippen LogP contribution in [0.1, 0.15) is 24.0 Å². The number of benzene rings is 2. The summed E-state index contributed by atoms with van der Waals surface area (Å²) in [6.45, 7) is 7.67. The summed E-state index contributed by atoms with van der Waals surface area (Å²) < 4.78 is 16.3. The molecule has 0 spiro atoms. The summed E-state index contributed by atoms with van der Waals surface area (Å²) in [4.78, 5) is 0. The molecule has 0 unspecified atom stereocenters. The molecule has 0 aliphatic heterocycles. The van der Waals surface area contributed by atoms with Crippen molar-refractivity contribution in [2.24, 2.45) is 0 Å². The Balaban J connectivity index is 1.76. The summed E-state index contributed by atoms with van der Waals surface area (Å²) in [5.41, 5.74) is 2.14. The van der Waals surface area contributed by atoms with Crippen molar-refractivity contribution < 1.29 is 26.8 Å². The van der Waals surface area contributed by atoms with E-state index in [9.17, 15) is 0 Å². The molecule has 2 aromatic rings. The first kappa shape index (κ1) is 19.7. The van der Waals surface area contributed by atoms with Crippen molar-refractivity contribution >= 4 is 12.2 Å². The molecule has 0 heterocycles. The van der Waals surface area contributed by atoms with Crippen LogP contribution in [0, 0.1) is 0 Å².